The van der Waals surface area contributed by atoms with E-state index < -0.39 is 0 Å². The van der Waals surface area contributed by atoms with Gasteiger partial charge >= 0.3 is 0 Å². The van der Waals surface area contributed by atoms with Crippen LogP contribution in [-0.4, -0.2) is 21.7 Å². The lowest BCUT2D eigenvalue weighted by molar-refractivity contribution is -0.00473. The molecule has 0 spiro atoms. The molecule has 0 aliphatic heterocycles. The normalized spacial score (nSPS) is 20.1. The highest BCUT2D eigenvalue weighted by Gasteiger charge is 2.31. The molecule has 164 valence electrons. The molecule has 1 nitrogen and oxygen atoms in total. The molecule has 0 saturated heterocycles. The van der Waals surface area contributed by atoms with Crippen molar-refractivity contribution in [1.82, 2.24) is 0 Å². The summed E-state index contributed by atoms with van der Waals surface area (Å²) in [5, 5.41) is 0. The van der Waals surface area contributed by atoms with Crippen molar-refractivity contribution < 1.29 is 4.74 Å². The van der Waals surface area contributed by atoms with Gasteiger partial charge in [0, 0.05) is 16.1 Å². The van der Waals surface area contributed by atoms with Gasteiger partial charge in [-0.05, 0) is 85.9 Å². The SMILES string of the molecule is CC1=C(CCCCCCOC(C)(C)C)c2ccccc2C1[SiH2]C1C=Cc2ccccc21. The summed E-state index contributed by atoms with van der Waals surface area (Å²) in [5.41, 5.74) is 10.8. The maximum absolute atomic E-state index is 5.86. The first-order valence-electron chi connectivity index (χ1n) is 12.1. The van der Waals surface area contributed by atoms with Crippen molar-refractivity contribution in [1.29, 1.82) is 0 Å². The van der Waals surface area contributed by atoms with Gasteiger partial charge in [0.1, 0.15) is 0 Å². The smallest absolute Gasteiger partial charge is 0.0598 e. The van der Waals surface area contributed by atoms with Crippen LogP contribution in [0.4, 0.5) is 0 Å². The second kappa shape index (κ2) is 9.71. The fourth-order valence-corrected chi connectivity index (χ4v) is 7.92. The van der Waals surface area contributed by atoms with E-state index in [2.05, 4.69) is 88.4 Å². The molecule has 0 fully saturated rings. The fourth-order valence-electron chi connectivity index (χ4n) is 5.29. The molecule has 2 aromatic carbocycles. The summed E-state index contributed by atoms with van der Waals surface area (Å²) in [7, 11) is -0.347. The van der Waals surface area contributed by atoms with Gasteiger partial charge in [-0.2, -0.15) is 0 Å². The maximum Gasteiger partial charge on any atom is 0.0598 e. The van der Waals surface area contributed by atoms with E-state index in [4.69, 9.17) is 4.74 Å². The number of rotatable bonds is 9. The molecule has 0 saturated carbocycles. The largest absolute Gasteiger partial charge is 0.376 e. The minimum atomic E-state index is -0.347. The van der Waals surface area contributed by atoms with Crippen LogP contribution in [0.1, 0.15) is 93.1 Å². The van der Waals surface area contributed by atoms with E-state index in [1.165, 1.54) is 37.7 Å². The lowest BCUT2D eigenvalue weighted by Gasteiger charge is -2.19. The van der Waals surface area contributed by atoms with Crippen LogP contribution in [0.15, 0.2) is 60.2 Å². The molecule has 0 bridgehead atoms. The van der Waals surface area contributed by atoms with Gasteiger partial charge in [0.2, 0.25) is 0 Å². The number of ether oxygens (including phenoxy) is 1. The topological polar surface area (TPSA) is 9.23 Å². The van der Waals surface area contributed by atoms with Crippen molar-refractivity contribution in [2.45, 2.75) is 76.5 Å². The maximum atomic E-state index is 5.86. The predicted octanol–water partition coefficient (Wildman–Crippen LogP) is 7.22. The van der Waals surface area contributed by atoms with Crippen molar-refractivity contribution in [3.8, 4) is 0 Å². The Morgan fingerprint density at radius 1 is 0.871 bits per heavy atom. The number of fused-ring (bicyclic) bond motifs is 2. The van der Waals surface area contributed by atoms with Crippen LogP contribution in [0.5, 0.6) is 0 Å². The number of allylic oxidation sites excluding steroid dienone is 3. The van der Waals surface area contributed by atoms with Crippen molar-refractivity contribution >= 4 is 21.2 Å². The third-order valence-corrected chi connectivity index (χ3v) is 9.65. The third-order valence-electron chi connectivity index (χ3n) is 6.91. The Bertz CT molecular complexity index is 963. The van der Waals surface area contributed by atoms with Crippen LogP contribution in [-0.2, 0) is 4.74 Å². The van der Waals surface area contributed by atoms with E-state index in [-0.39, 0.29) is 15.1 Å². The predicted molar refractivity (Wildman–Crippen MR) is 137 cm³/mol. The molecule has 2 aliphatic rings. The molecule has 2 aliphatic carbocycles. The van der Waals surface area contributed by atoms with E-state index in [1.54, 1.807) is 27.8 Å². The summed E-state index contributed by atoms with van der Waals surface area (Å²) in [6.07, 6.45) is 11.1. The van der Waals surface area contributed by atoms with Crippen LogP contribution < -0.4 is 0 Å². The number of hydrogen-bond acceptors (Lipinski definition) is 1. The molecule has 2 aromatic rings. The molecule has 0 N–H and O–H groups in total. The van der Waals surface area contributed by atoms with Crippen LogP contribution >= 0.6 is 0 Å². The van der Waals surface area contributed by atoms with E-state index in [1.807, 2.05) is 0 Å². The zero-order valence-electron chi connectivity index (χ0n) is 19.8. The van der Waals surface area contributed by atoms with Crippen molar-refractivity contribution in [3.63, 3.8) is 0 Å². The van der Waals surface area contributed by atoms with Gasteiger partial charge in [0.25, 0.3) is 0 Å². The van der Waals surface area contributed by atoms with Gasteiger partial charge < -0.3 is 4.74 Å². The van der Waals surface area contributed by atoms with Gasteiger partial charge in [-0.3, -0.25) is 0 Å². The molecule has 2 atom stereocenters. The summed E-state index contributed by atoms with van der Waals surface area (Å²) < 4.78 is 5.86. The second-order valence-corrected chi connectivity index (χ2v) is 12.4. The molecular weight excluding hydrogens is 392 g/mol. The van der Waals surface area contributed by atoms with Gasteiger partial charge in [-0.1, -0.05) is 79.1 Å². The molecule has 2 unspecified atom stereocenters. The Morgan fingerprint density at radius 2 is 1.58 bits per heavy atom. The summed E-state index contributed by atoms with van der Waals surface area (Å²) >= 11 is 0. The Labute approximate surface area is 191 Å². The van der Waals surface area contributed by atoms with Crippen LogP contribution in [0.25, 0.3) is 11.6 Å². The number of hydrogen-bond donors (Lipinski definition) is 0. The molecule has 2 heteroatoms. The molecular formula is C29H38OSi. The summed E-state index contributed by atoms with van der Waals surface area (Å²) in [6.45, 7) is 9.73. The fraction of sp³-hybridized carbons (Fsp3) is 0.448. The Hall–Kier alpha value is -1.90. The molecule has 0 amide bonds. The van der Waals surface area contributed by atoms with Gasteiger partial charge in [-0.15, -0.1) is 0 Å². The zero-order chi connectivity index (χ0) is 21.8. The first kappa shape index (κ1) is 22.3. The highest BCUT2D eigenvalue weighted by molar-refractivity contribution is 6.43. The summed E-state index contributed by atoms with van der Waals surface area (Å²) in [6, 6.07) is 18.2. The third kappa shape index (κ3) is 5.30. The first-order valence-corrected chi connectivity index (χ1v) is 13.8. The van der Waals surface area contributed by atoms with E-state index in [0.29, 0.717) is 11.1 Å². The number of unbranched alkanes of at least 4 members (excludes halogenated alkanes) is 3. The average Bonchev–Trinajstić information content (AvgIpc) is 3.27. The molecule has 0 radical (unpaired) electrons. The minimum absolute atomic E-state index is 0.0105. The quantitative estimate of drug-likeness (QED) is 0.301. The molecule has 4 rings (SSSR count). The van der Waals surface area contributed by atoms with E-state index >= 15 is 0 Å². The van der Waals surface area contributed by atoms with Gasteiger partial charge in [0.05, 0.1) is 5.60 Å². The van der Waals surface area contributed by atoms with E-state index in [9.17, 15) is 0 Å². The average molecular weight is 431 g/mol. The highest BCUT2D eigenvalue weighted by Crippen LogP contribution is 2.45. The lowest BCUT2D eigenvalue weighted by Crippen LogP contribution is -2.19. The van der Waals surface area contributed by atoms with E-state index in [0.717, 1.165) is 6.61 Å². The van der Waals surface area contributed by atoms with Crippen LogP contribution in [0.3, 0.4) is 0 Å². The van der Waals surface area contributed by atoms with Crippen molar-refractivity contribution in [3.05, 3.63) is 82.4 Å². The summed E-state index contributed by atoms with van der Waals surface area (Å²) in [4.78, 5) is 0. The lowest BCUT2D eigenvalue weighted by atomic mass is 9.99. The van der Waals surface area contributed by atoms with Crippen LogP contribution in [0.2, 0.25) is 0 Å². The molecule has 0 heterocycles. The number of benzene rings is 2. The highest BCUT2D eigenvalue weighted by atomic mass is 28.2. The minimum Gasteiger partial charge on any atom is -0.376 e. The Morgan fingerprint density at radius 3 is 2.39 bits per heavy atom. The Balaban J connectivity index is 1.38. The zero-order valence-corrected chi connectivity index (χ0v) is 21.2. The van der Waals surface area contributed by atoms with Crippen molar-refractivity contribution in [2.75, 3.05) is 6.61 Å². The second-order valence-electron chi connectivity index (χ2n) is 10.3. The van der Waals surface area contributed by atoms with Gasteiger partial charge in [-0.25, -0.2) is 0 Å². The Kier molecular flexibility index (Phi) is 6.98. The molecule has 31 heavy (non-hydrogen) atoms. The van der Waals surface area contributed by atoms with Crippen molar-refractivity contribution in [2.24, 2.45) is 0 Å². The monoisotopic (exact) mass is 430 g/mol. The molecule has 0 aromatic heterocycles. The van der Waals surface area contributed by atoms with Crippen LogP contribution in [0, 0.1) is 0 Å². The van der Waals surface area contributed by atoms with Gasteiger partial charge in [0.15, 0.2) is 0 Å². The summed E-state index contributed by atoms with van der Waals surface area (Å²) in [5.74, 6) is 0. The standard InChI is InChI=1S/C29H38OSi/c1-21-23(14-7-5-6-12-20-30-29(2,3)4)25-16-10-11-17-26(25)28(21)31-27-19-18-22-13-8-9-15-24(22)27/h8-11,13,15-19,27-28H,5-7,12,14,20,31H2,1-4H3. The first-order chi connectivity index (χ1) is 14.9.